The van der Waals surface area contributed by atoms with Crippen molar-refractivity contribution in [1.29, 1.82) is 0 Å². The average Bonchev–Trinajstić information content (AvgIpc) is 2.32. The Hall–Kier alpha value is -1.20. The summed E-state index contributed by atoms with van der Waals surface area (Å²) in [6, 6.07) is 0. The molecule has 0 rings (SSSR count). The van der Waals surface area contributed by atoms with Gasteiger partial charge < -0.3 is 10.4 Å². The minimum Gasteiger partial charge on any atom is -0.396 e. The van der Waals surface area contributed by atoms with Gasteiger partial charge in [-0.1, -0.05) is 0 Å². The van der Waals surface area contributed by atoms with Gasteiger partial charge in [-0.15, -0.1) is 0 Å². The first-order valence-electron chi connectivity index (χ1n) is 5.32. The molecule has 3 nitrogen and oxygen atoms in total. The fourth-order valence-corrected chi connectivity index (χ4v) is 1.07. The molecule has 0 radical (unpaired) electrons. The van der Waals surface area contributed by atoms with Crippen molar-refractivity contribution in [3.8, 4) is 0 Å². The van der Waals surface area contributed by atoms with E-state index in [-0.39, 0.29) is 12.8 Å². The third-order valence-electron chi connectivity index (χ3n) is 2.30. The lowest BCUT2D eigenvalue weighted by Crippen LogP contribution is -2.65. The van der Waals surface area contributed by atoms with Gasteiger partial charge in [-0.2, -0.15) is 39.5 Å². The molecule has 0 heterocycles. The first-order chi connectivity index (χ1) is 9.23. The molecular formula is C9H10F9NO2. The number of carbonyl (C=O) groups excluding carboxylic acids is 1. The summed E-state index contributed by atoms with van der Waals surface area (Å²) in [5.74, 6) is -23.3. The largest absolute Gasteiger partial charge is 0.460 e. The van der Waals surface area contributed by atoms with E-state index in [0.29, 0.717) is 0 Å². The first kappa shape index (κ1) is 19.8. The monoisotopic (exact) mass is 335 g/mol. The van der Waals surface area contributed by atoms with Crippen LogP contribution in [0.2, 0.25) is 0 Å². The second kappa shape index (κ2) is 6.28. The van der Waals surface area contributed by atoms with Crippen molar-refractivity contribution in [3.05, 3.63) is 0 Å². The molecule has 21 heavy (non-hydrogen) atoms. The summed E-state index contributed by atoms with van der Waals surface area (Å²) in [6.07, 6.45) is -7.16. The Kier molecular flexibility index (Phi) is 5.92. The highest BCUT2D eigenvalue weighted by Crippen LogP contribution is 2.53. The van der Waals surface area contributed by atoms with Crippen LogP contribution < -0.4 is 5.32 Å². The van der Waals surface area contributed by atoms with Gasteiger partial charge in [0.05, 0.1) is 0 Å². The fraction of sp³-hybridized carbons (Fsp3) is 0.889. The molecule has 0 aliphatic carbocycles. The Labute approximate surface area is 112 Å². The van der Waals surface area contributed by atoms with Crippen LogP contribution >= 0.6 is 0 Å². The van der Waals surface area contributed by atoms with Gasteiger partial charge in [0, 0.05) is 13.2 Å². The Morgan fingerprint density at radius 2 is 1.33 bits per heavy atom. The molecule has 0 spiro atoms. The zero-order valence-electron chi connectivity index (χ0n) is 10.1. The lowest BCUT2D eigenvalue weighted by molar-refractivity contribution is -0.388. The number of nitrogens with one attached hydrogen (secondary N) is 1. The molecule has 0 unspecified atom stereocenters. The second-order valence-electron chi connectivity index (χ2n) is 3.91. The number of aliphatic hydroxyl groups is 1. The van der Waals surface area contributed by atoms with E-state index in [1.165, 1.54) is 0 Å². The molecule has 0 aromatic heterocycles. The van der Waals surface area contributed by atoms with Crippen LogP contribution in [0, 0.1) is 0 Å². The van der Waals surface area contributed by atoms with Crippen LogP contribution in [0.1, 0.15) is 12.8 Å². The van der Waals surface area contributed by atoms with E-state index >= 15 is 0 Å². The maximum absolute atomic E-state index is 12.9. The van der Waals surface area contributed by atoms with Crippen LogP contribution in [0.5, 0.6) is 0 Å². The van der Waals surface area contributed by atoms with Crippen LogP contribution in [0.3, 0.4) is 0 Å². The van der Waals surface area contributed by atoms with Crippen molar-refractivity contribution in [3.63, 3.8) is 0 Å². The van der Waals surface area contributed by atoms with Gasteiger partial charge in [-0.05, 0) is 12.8 Å². The predicted octanol–water partition coefficient (Wildman–Crippen LogP) is 2.34. The number of alkyl halides is 9. The van der Waals surface area contributed by atoms with E-state index < -0.39 is 43.0 Å². The van der Waals surface area contributed by atoms with Crippen LogP contribution in [-0.2, 0) is 4.79 Å². The third-order valence-corrected chi connectivity index (χ3v) is 2.30. The number of halogens is 9. The lowest BCUT2D eigenvalue weighted by Gasteiger charge is -2.32. The van der Waals surface area contributed by atoms with Gasteiger partial charge in [0.25, 0.3) is 5.91 Å². The quantitative estimate of drug-likeness (QED) is 0.554. The molecule has 0 saturated heterocycles. The van der Waals surface area contributed by atoms with E-state index in [9.17, 15) is 44.3 Å². The molecule has 0 bridgehead atoms. The maximum atomic E-state index is 12.9. The highest BCUT2D eigenvalue weighted by atomic mass is 19.4. The van der Waals surface area contributed by atoms with E-state index in [1.807, 2.05) is 0 Å². The smallest absolute Gasteiger partial charge is 0.396 e. The van der Waals surface area contributed by atoms with Gasteiger partial charge in [-0.3, -0.25) is 4.79 Å². The number of carbonyl (C=O) groups is 1. The summed E-state index contributed by atoms with van der Waals surface area (Å²) < 4.78 is 112. The van der Waals surface area contributed by atoms with Crippen molar-refractivity contribution in [2.75, 3.05) is 13.2 Å². The topological polar surface area (TPSA) is 49.3 Å². The molecule has 1 amide bonds. The minimum atomic E-state index is -7.09. The maximum Gasteiger partial charge on any atom is 0.460 e. The van der Waals surface area contributed by atoms with E-state index in [0.717, 1.165) is 5.32 Å². The molecule has 0 aliphatic rings. The Morgan fingerprint density at radius 3 is 1.71 bits per heavy atom. The Bertz CT molecular complexity index is 367. The van der Waals surface area contributed by atoms with Crippen LogP contribution in [0.4, 0.5) is 39.5 Å². The summed E-state index contributed by atoms with van der Waals surface area (Å²) in [6.45, 7) is -1.13. The summed E-state index contributed by atoms with van der Waals surface area (Å²) in [4.78, 5) is 10.7. The van der Waals surface area contributed by atoms with E-state index in [1.54, 1.807) is 0 Å². The van der Waals surface area contributed by atoms with E-state index in [4.69, 9.17) is 5.11 Å². The molecule has 0 fully saturated rings. The van der Waals surface area contributed by atoms with Crippen LogP contribution in [0.15, 0.2) is 0 Å². The minimum absolute atomic E-state index is 0.0268. The molecular weight excluding hydrogens is 325 g/mol. The zero-order chi connectivity index (χ0) is 17.1. The van der Waals surface area contributed by atoms with Gasteiger partial charge in [0.2, 0.25) is 0 Å². The van der Waals surface area contributed by atoms with E-state index in [2.05, 4.69) is 0 Å². The molecule has 0 aliphatic heterocycles. The summed E-state index contributed by atoms with van der Waals surface area (Å²) in [5.41, 5.74) is 0. The van der Waals surface area contributed by atoms with Gasteiger partial charge >= 0.3 is 23.9 Å². The Balaban J connectivity index is 5.15. The summed E-state index contributed by atoms with van der Waals surface area (Å²) >= 11 is 0. The second-order valence-corrected chi connectivity index (χ2v) is 3.91. The molecule has 2 N–H and O–H groups in total. The number of unbranched alkanes of at least 4 members (excludes halogenated alkanes) is 1. The van der Waals surface area contributed by atoms with Crippen molar-refractivity contribution in [1.82, 2.24) is 5.32 Å². The third kappa shape index (κ3) is 3.71. The van der Waals surface area contributed by atoms with Crippen LogP contribution in [0.25, 0.3) is 0 Å². The number of hydrogen-bond donors (Lipinski definition) is 2. The summed E-state index contributed by atoms with van der Waals surface area (Å²) in [5, 5.41) is 9.42. The number of hydrogen-bond acceptors (Lipinski definition) is 2. The van der Waals surface area contributed by atoms with Crippen molar-refractivity contribution in [2.24, 2.45) is 0 Å². The van der Waals surface area contributed by atoms with Gasteiger partial charge in [-0.25, -0.2) is 0 Å². The molecule has 0 atom stereocenters. The predicted molar refractivity (Wildman–Crippen MR) is 50.2 cm³/mol. The number of aliphatic hydroxyl groups excluding tert-OH is 1. The van der Waals surface area contributed by atoms with Crippen molar-refractivity contribution >= 4 is 5.91 Å². The standard InChI is InChI=1S/C9H10F9NO2/c10-6(11,5(21)19-3-1-2-4-20)7(12,13)8(14,15)9(16,17)18/h20H,1-4H2,(H,19,21). The number of rotatable bonds is 7. The molecule has 0 aromatic carbocycles. The Morgan fingerprint density at radius 1 is 0.857 bits per heavy atom. The molecule has 126 valence electrons. The molecule has 0 aromatic rings. The van der Waals surface area contributed by atoms with Crippen LogP contribution in [-0.4, -0.2) is 48.1 Å². The first-order valence-corrected chi connectivity index (χ1v) is 5.32. The van der Waals surface area contributed by atoms with Crippen molar-refractivity contribution in [2.45, 2.75) is 36.8 Å². The SMILES string of the molecule is O=C(NCCCCO)C(F)(F)C(F)(F)C(F)(F)C(F)(F)F. The highest BCUT2D eigenvalue weighted by molar-refractivity contribution is 5.84. The van der Waals surface area contributed by atoms with Crippen molar-refractivity contribution < 1.29 is 49.4 Å². The van der Waals surface area contributed by atoms with Gasteiger partial charge in [0.1, 0.15) is 0 Å². The summed E-state index contributed by atoms with van der Waals surface area (Å²) in [7, 11) is 0. The molecule has 0 saturated carbocycles. The normalized spacial score (nSPS) is 14.2. The zero-order valence-corrected chi connectivity index (χ0v) is 10.1. The average molecular weight is 335 g/mol. The lowest BCUT2D eigenvalue weighted by atomic mass is 10.0. The fourth-order valence-electron chi connectivity index (χ4n) is 1.07. The molecule has 12 heteroatoms. The number of amides is 1. The van der Waals surface area contributed by atoms with Gasteiger partial charge in [0.15, 0.2) is 0 Å². The highest BCUT2D eigenvalue weighted by Gasteiger charge is 2.83.